The maximum atomic E-state index is 12.2. The van der Waals surface area contributed by atoms with Gasteiger partial charge in [-0.2, -0.15) is 4.98 Å². The van der Waals surface area contributed by atoms with Gasteiger partial charge in [0, 0.05) is 31.1 Å². The van der Waals surface area contributed by atoms with Crippen molar-refractivity contribution in [1.29, 1.82) is 0 Å². The zero-order valence-corrected chi connectivity index (χ0v) is 14.6. The highest BCUT2D eigenvalue weighted by molar-refractivity contribution is 5.81. The van der Waals surface area contributed by atoms with Gasteiger partial charge in [-0.3, -0.25) is 14.6 Å². The van der Waals surface area contributed by atoms with Crippen LogP contribution in [0, 0.1) is 0 Å². The summed E-state index contributed by atoms with van der Waals surface area (Å²) < 4.78 is 5.33. The van der Waals surface area contributed by atoms with Gasteiger partial charge in [-0.1, -0.05) is 5.16 Å². The van der Waals surface area contributed by atoms with Gasteiger partial charge >= 0.3 is 0 Å². The smallest absolute Gasteiger partial charge is 0.237 e. The normalized spacial score (nSPS) is 26.0. The minimum atomic E-state index is -0.0457. The van der Waals surface area contributed by atoms with Crippen molar-refractivity contribution in [2.75, 3.05) is 20.1 Å². The van der Waals surface area contributed by atoms with Crippen LogP contribution in [0.4, 0.5) is 0 Å². The Morgan fingerprint density at radius 1 is 1.38 bits per heavy atom. The molecule has 1 N–H and O–H groups in total. The van der Waals surface area contributed by atoms with E-state index >= 15 is 0 Å². The van der Waals surface area contributed by atoms with Crippen molar-refractivity contribution in [3.05, 3.63) is 11.7 Å². The van der Waals surface area contributed by atoms with Crippen LogP contribution in [0.25, 0.3) is 0 Å². The fourth-order valence-electron chi connectivity index (χ4n) is 3.37. The van der Waals surface area contributed by atoms with Gasteiger partial charge in [-0.25, -0.2) is 0 Å². The summed E-state index contributed by atoms with van der Waals surface area (Å²) in [6, 6.07) is 0.819. The lowest BCUT2D eigenvalue weighted by Gasteiger charge is -2.26. The first-order chi connectivity index (χ1) is 11.6. The Hall–Kier alpha value is -1.47. The Morgan fingerprint density at radius 2 is 2.17 bits per heavy atom. The molecule has 1 aliphatic heterocycles. The number of amides is 1. The molecule has 2 atom stereocenters. The van der Waals surface area contributed by atoms with Gasteiger partial charge in [0.1, 0.15) is 0 Å². The number of likely N-dealkylation sites (N-methyl/N-ethyl adjacent to an activating group) is 1. The summed E-state index contributed by atoms with van der Waals surface area (Å²) >= 11 is 0. The average molecular weight is 333 g/mol. The second kappa shape index (κ2) is 6.44. The molecule has 2 aliphatic carbocycles. The van der Waals surface area contributed by atoms with Crippen LogP contribution in [0.5, 0.6) is 0 Å². The number of hydrogen-bond acceptors (Lipinski definition) is 6. The minimum absolute atomic E-state index is 0.0457. The molecule has 0 unspecified atom stereocenters. The first-order valence-corrected chi connectivity index (χ1v) is 9.17. The largest absolute Gasteiger partial charge is 0.352 e. The van der Waals surface area contributed by atoms with E-state index in [1.165, 1.54) is 12.8 Å². The van der Waals surface area contributed by atoms with E-state index in [2.05, 4.69) is 32.3 Å². The number of aromatic nitrogens is 2. The SMILES string of the molecule is C[C@H](C(=O)NC1CC1)N1CC[C@H](N(C)Cc2noc(C3CC3)n2)C1. The Morgan fingerprint density at radius 3 is 2.88 bits per heavy atom. The number of carbonyl (C=O) groups is 1. The molecule has 132 valence electrons. The van der Waals surface area contributed by atoms with Crippen molar-refractivity contribution in [3.63, 3.8) is 0 Å². The van der Waals surface area contributed by atoms with Crippen LogP contribution in [0.2, 0.25) is 0 Å². The van der Waals surface area contributed by atoms with Gasteiger partial charge in [-0.05, 0) is 46.1 Å². The van der Waals surface area contributed by atoms with Crippen LogP contribution in [-0.2, 0) is 11.3 Å². The van der Waals surface area contributed by atoms with Crippen LogP contribution in [0.1, 0.15) is 56.7 Å². The van der Waals surface area contributed by atoms with Crippen molar-refractivity contribution in [3.8, 4) is 0 Å². The lowest BCUT2D eigenvalue weighted by Crippen LogP contribution is -2.46. The van der Waals surface area contributed by atoms with Gasteiger partial charge < -0.3 is 9.84 Å². The van der Waals surface area contributed by atoms with Gasteiger partial charge in [-0.15, -0.1) is 0 Å². The third-order valence-corrected chi connectivity index (χ3v) is 5.47. The summed E-state index contributed by atoms with van der Waals surface area (Å²) in [6.45, 7) is 4.61. The van der Waals surface area contributed by atoms with Gasteiger partial charge in [0.25, 0.3) is 0 Å². The molecule has 1 saturated heterocycles. The van der Waals surface area contributed by atoms with Crippen molar-refractivity contribution >= 4 is 5.91 Å². The predicted molar refractivity (Wildman–Crippen MR) is 88.3 cm³/mol. The Kier molecular flexibility index (Phi) is 4.30. The average Bonchev–Trinajstić information content (AvgIpc) is 3.48. The van der Waals surface area contributed by atoms with Crippen LogP contribution >= 0.6 is 0 Å². The molecule has 2 heterocycles. The summed E-state index contributed by atoms with van der Waals surface area (Å²) in [7, 11) is 2.11. The third kappa shape index (κ3) is 3.62. The number of nitrogens with zero attached hydrogens (tertiary/aromatic N) is 4. The molecule has 24 heavy (non-hydrogen) atoms. The molecule has 2 saturated carbocycles. The quantitative estimate of drug-likeness (QED) is 0.806. The molecule has 0 spiro atoms. The highest BCUT2D eigenvalue weighted by atomic mass is 16.5. The summed E-state index contributed by atoms with van der Waals surface area (Å²) in [5, 5.41) is 7.21. The Labute approximate surface area is 142 Å². The maximum Gasteiger partial charge on any atom is 0.237 e. The second-order valence-corrected chi connectivity index (χ2v) is 7.63. The Bertz CT molecular complexity index is 596. The van der Waals surface area contributed by atoms with Crippen molar-refractivity contribution in [2.45, 2.75) is 69.6 Å². The second-order valence-electron chi connectivity index (χ2n) is 7.63. The number of carbonyl (C=O) groups excluding carboxylic acids is 1. The van der Waals surface area contributed by atoms with Crippen molar-refractivity contribution in [2.24, 2.45) is 0 Å². The summed E-state index contributed by atoms with van der Waals surface area (Å²) in [5.41, 5.74) is 0. The van der Waals surface area contributed by atoms with E-state index in [4.69, 9.17) is 4.52 Å². The van der Waals surface area contributed by atoms with Crippen LogP contribution in [-0.4, -0.2) is 64.1 Å². The van der Waals surface area contributed by atoms with Crippen LogP contribution in [0.15, 0.2) is 4.52 Å². The minimum Gasteiger partial charge on any atom is -0.352 e. The fraction of sp³-hybridized carbons (Fsp3) is 0.824. The molecule has 1 amide bonds. The number of likely N-dealkylation sites (tertiary alicyclic amines) is 1. The van der Waals surface area contributed by atoms with Crippen molar-refractivity contribution in [1.82, 2.24) is 25.3 Å². The van der Waals surface area contributed by atoms with Crippen LogP contribution < -0.4 is 5.32 Å². The first-order valence-electron chi connectivity index (χ1n) is 9.17. The van der Waals surface area contributed by atoms with Crippen LogP contribution in [0.3, 0.4) is 0 Å². The monoisotopic (exact) mass is 333 g/mol. The van der Waals surface area contributed by atoms with Gasteiger partial charge in [0.15, 0.2) is 5.82 Å². The van der Waals surface area contributed by atoms with E-state index in [0.717, 1.165) is 44.1 Å². The molecule has 7 nitrogen and oxygen atoms in total. The summed E-state index contributed by atoms with van der Waals surface area (Å²) in [6.07, 6.45) is 5.70. The highest BCUT2D eigenvalue weighted by Crippen LogP contribution is 2.38. The van der Waals surface area contributed by atoms with E-state index in [0.29, 0.717) is 24.5 Å². The summed E-state index contributed by atoms with van der Waals surface area (Å²) in [5.74, 6) is 2.26. The lowest BCUT2D eigenvalue weighted by molar-refractivity contribution is -0.125. The number of nitrogens with one attached hydrogen (secondary N) is 1. The molecular formula is C17H27N5O2. The molecule has 3 aliphatic rings. The molecular weight excluding hydrogens is 306 g/mol. The van der Waals surface area contributed by atoms with Gasteiger partial charge in [0.05, 0.1) is 12.6 Å². The molecule has 4 rings (SSSR count). The lowest BCUT2D eigenvalue weighted by atomic mass is 10.2. The predicted octanol–water partition coefficient (Wildman–Crippen LogP) is 1.12. The number of hydrogen-bond donors (Lipinski definition) is 1. The van der Waals surface area contributed by atoms with E-state index in [-0.39, 0.29) is 11.9 Å². The third-order valence-electron chi connectivity index (χ3n) is 5.47. The molecule has 0 aromatic carbocycles. The molecule has 1 aromatic rings. The highest BCUT2D eigenvalue weighted by Gasteiger charge is 2.34. The summed E-state index contributed by atoms with van der Waals surface area (Å²) in [4.78, 5) is 21.3. The van der Waals surface area contributed by atoms with E-state index in [9.17, 15) is 4.79 Å². The molecule has 3 fully saturated rings. The van der Waals surface area contributed by atoms with Gasteiger partial charge in [0.2, 0.25) is 11.8 Å². The van der Waals surface area contributed by atoms with E-state index < -0.39 is 0 Å². The zero-order valence-electron chi connectivity index (χ0n) is 14.6. The topological polar surface area (TPSA) is 74.5 Å². The van der Waals surface area contributed by atoms with Crippen molar-refractivity contribution < 1.29 is 9.32 Å². The first kappa shape index (κ1) is 16.0. The molecule has 7 heteroatoms. The number of rotatable bonds is 7. The molecule has 1 aromatic heterocycles. The zero-order chi connectivity index (χ0) is 16.7. The fourth-order valence-corrected chi connectivity index (χ4v) is 3.37. The standard InChI is InChI=1S/C17H27N5O2/c1-11(16(23)18-13-5-6-13)22-8-7-14(9-22)21(2)10-15-19-17(24-20-15)12-3-4-12/h11-14H,3-10H2,1-2H3,(H,18,23)/t11-,14+/m1/s1. The Balaban J connectivity index is 1.27. The maximum absolute atomic E-state index is 12.2. The van der Waals surface area contributed by atoms with E-state index in [1.807, 2.05) is 6.92 Å². The van der Waals surface area contributed by atoms with E-state index in [1.54, 1.807) is 0 Å². The molecule has 0 radical (unpaired) electrons. The molecule has 0 bridgehead atoms.